The first kappa shape index (κ1) is 26.8. The maximum atomic E-state index is 15.1. The molecule has 1 unspecified atom stereocenters. The Hall–Kier alpha value is -4.28. The molecule has 8 nitrogen and oxygen atoms in total. The summed E-state index contributed by atoms with van der Waals surface area (Å²) in [5.41, 5.74) is 0.914. The number of nitrogens with zero attached hydrogens (tertiary/aromatic N) is 1. The number of carbonyl (C=O) groups is 2. The van der Waals surface area contributed by atoms with E-state index in [2.05, 4.69) is 10.0 Å². The van der Waals surface area contributed by atoms with Gasteiger partial charge in [0.2, 0.25) is 21.8 Å². The molecule has 2 N–H and O–H groups in total. The average Bonchev–Trinajstić information content (AvgIpc) is 3.45. The van der Waals surface area contributed by atoms with Crippen LogP contribution in [0.15, 0.2) is 107 Å². The van der Waals surface area contributed by atoms with Crippen LogP contribution < -0.4 is 14.9 Å². The van der Waals surface area contributed by atoms with Crippen molar-refractivity contribution in [3.05, 3.63) is 120 Å². The number of nitrogens with one attached hydrogen (secondary N) is 2. The minimum atomic E-state index is -4.02. The van der Waals surface area contributed by atoms with Crippen molar-refractivity contribution in [2.24, 2.45) is 0 Å². The third kappa shape index (κ3) is 6.16. The highest BCUT2D eigenvalue weighted by Crippen LogP contribution is 2.32. The van der Waals surface area contributed by atoms with Gasteiger partial charge in [-0.3, -0.25) is 14.5 Å². The van der Waals surface area contributed by atoms with Crippen LogP contribution >= 0.6 is 0 Å². The van der Waals surface area contributed by atoms with Crippen LogP contribution in [-0.4, -0.2) is 26.8 Å². The zero-order valence-corrected chi connectivity index (χ0v) is 21.3. The summed E-state index contributed by atoms with van der Waals surface area (Å²) in [4.78, 5) is 28.4. The molecule has 4 rings (SSSR count). The van der Waals surface area contributed by atoms with Gasteiger partial charge in [-0.25, -0.2) is 17.5 Å². The van der Waals surface area contributed by atoms with Crippen LogP contribution in [0.1, 0.15) is 22.9 Å². The van der Waals surface area contributed by atoms with Crippen molar-refractivity contribution < 1.29 is 26.8 Å². The van der Waals surface area contributed by atoms with Crippen molar-refractivity contribution in [2.75, 3.05) is 11.4 Å². The van der Waals surface area contributed by atoms with Gasteiger partial charge in [0.15, 0.2) is 0 Å². The number of rotatable bonds is 10. The summed E-state index contributed by atoms with van der Waals surface area (Å²) in [6, 6.07) is 21.9. The number of aryl methyl sites for hydroxylation is 1. The molecule has 196 valence electrons. The summed E-state index contributed by atoms with van der Waals surface area (Å²) < 4.78 is 48.3. The lowest BCUT2D eigenvalue weighted by Gasteiger charge is -2.32. The lowest BCUT2D eigenvalue weighted by molar-refractivity contribution is -0.126. The highest BCUT2D eigenvalue weighted by Gasteiger charge is 2.35. The quantitative estimate of drug-likeness (QED) is 0.318. The highest BCUT2D eigenvalue weighted by atomic mass is 32.2. The van der Waals surface area contributed by atoms with Gasteiger partial charge in [0.1, 0.15) is 17.6 Å². The van der Waals surface area contributed by atoms with E-state index in [9.17, 15) is 18.0 Å². The summed E-state index contributed by atoms with van der Waals surface area (Å²) in [6.45, 7) is 1.08. The van der Waals surface area contributed by atoms with E-state index in [1.165, 1.54) is 36.6 Å². The zero-order chi connectivity index (χ0) is 27.1. The predicted molar refractivity (Wildman–Crippen MR) is 140 cm³/mol. The number of hydrogen-bond donors (Lipinski definition) is 2. The van der Waals surface area contributed by atoms with E-state index in [1.807, 2.05) is 0 Å². The number of furan rings is 1. The first-order valence-corrected chi connectivity index (χ1v) is 13.2. The molecular formula is C28H26FN3O5S. The van der Waals surface area contributed by atoms with Crippen molar-refractivity contribution in [1.29, 1.82) is 0 Å². The van der Waals surface area contributed by atoms with Crippen molar-refractivity contribution in [3.8, 4) is 0 Å². The number of amides is 2. The zero-order valence-electron chi connectivity index (χ0n) is 20.5. The Morgan fingerprint density at radius 1 is 0.921 bits per heavy atom. The number of para-hydroxylation sites is 1. The van der Waals surface area contributed by atoms with Crippen LogP contribution in [0, 0.1) is 12.7 Å². The predicted octanol–water partition coefficient (Wildman–Crippen LogP) is 4.10. The molecule has 1 aromatic heterocycles. The second kappa shape index (κ2) is 11.8. The standard InChI is InChI=1S/C28H26FN3O5S/c1-20-10-5-8-16-25(20)32(26(33)19-31-38(35,36)22-12-3-2-4-13-22)27(23-14-6-7-15-24(23)29)28(34)30-18-21-11-9-17-37-21/h2-17,27,31H,18-19H2,1H3,(H,30,34). The summed E-state index contributed by atoms with van der Waals surface area (Å²) in [6.07, 6.45) is 1.46. The molecule has 38 heavy (non-hydrogen) atoms. The van der Waals surface area contributed by atoms with Gasteiger partial charge in [0.25, 0.3) is 0 Å². The van der Waals surface area contributed by atoms with Crippen molar-refractivity contribution in [2.45, 2.75) is 24.4 Å². The molecule has 0 aliphatic rings. The second-order valence-corrected chi connectivity index (χ2v) is 10.2. The van der Waals surface area contributed by atoms with Gasteiger partial charge in [-0.05, 0) is 48.9 Å². The minimum Gasteiger partial charge on any atom is -0.467 e. The molecule has 0 aliphatic carbocycles. The Labute approximate surface area is 220 Å². The van der Waals surface area contributed by atoms with E-state index in [1.54, 1.807) is 67.6 Å². The third-order valence-electron chi connectivity index (χ3n) is 5.83. The Bertz CT molecular complexity index is 1510. The van der Waals surface area contributed by atoms with Gasteiger partial charge in [-0.2, -0.15) is 0 Å². The van der Waals surface area contributed by atoms with Gasteiger partial charge < -0.3 is 9.73 Å². The van der Waals surface area contributed by atoms with Gasteiger partial charge in [-0.1, -0.05) is 54.6 Å². The van der Waals surface area contributed by atoms with Crippen LogP contribution in [-0.2, 0) is 26.2 Å². The molecule has 2 amide bonds. The average molecular weight is 536 g/mol. The molecule has 0 saturated carbocycles. The largest absolute Gasteiger partial charge is 0.467 e. The first-order chi connectivity index (χ1) is 18.3. The van der Waals surface area contributed by atoms with Crippen LogP contribution in [0.4, 0.5) is 10.1 Å². The maximum absolute atomic E-state index is 15.1. The summed E-state index contributed by atoms with van der Waals surface area (Å²) >= 11 is 0. The fourth-order valence-corrected chi connectivity index (χ4v) is 4.95. The molecule has 0 saturated heterocycles. The Morgan fingerprint density at radius 3 is 2.29 bits per heavy atom. The van der Waals surface area contributed by atoms with Crippen LogP contribution in [0.3, 0.4) is 0 Å². The Balaban J connectivity index is 1.72. The summed E-state index contributed by atoms with van der Waals surface area (Å²) in [7, 11) is -4.02. The lowest BCUT2D eigenvalue weighted by atomic mass is 10.0. The molecule has 1 atom stereocenters. The molecule has 0 bridgehead atoms. The summed E-state index contributed by atoms with van der Waals surface area (Å²) in [5.74, 6) is -1.65. The molecule has 3 aromatic carbocycles. The van der Waals surface area contributed by atoms with Crippen molar-refractivity contribution >= 4 is 27.5 Å². The van der Waals surface area contributed by atoms with Gasteiger partial charge in [0.05, 0.1) is 24.2 Å². The molecule has 0 fully saturated rings. The number of benzene rings is 3. The monoisotopic (exact) mass is 535 g/mol. The normalized spacial score (nSPS) is 12.1. The molecule has 4 aromatic rings. The minimum absolute atomic E-state index is 0.00717. The molecule has 0 spiro atoms. The van der Waals surface area contributed by atoms with Crippen LogP contribution in [0.5, 0.6) is 0 Å². The highest BCUT2D eigenvalue weighted by molar-refractivity contribution is 7.89. The molecule has 1 heterocycles. The SMILES string of the molecule is Cc1ccccc1N(C(=O)CNS(=O)(=O)c1ccccc1)C(C(=O)NCc1ccco1)c1ccccc1F. The van der Waals surface area contributed by atoms with Crippen LogP contribution in [0.2, 0.25) is 0 Å². The summed E-state index contributed by atoms with van der Waals surface area (Å²) in [5, 5.41) is 2.70. The Morgan fingerprint density at radius 2 is 1.61 bits per heavy atom. The third-order valence-corrected chi connectivity index (χ3v) is 7.25. The van der Waals surface area contributed by atoms with Gasteiger partial charge in [-0.15, -0.1) is 0 Å². The maximum Gasteiger partial charge on any atom is 0.248 e. The number of hydrogen-bond acceptors (Lipinski definition) is 5. The van der Waals surface area contributed by atoms with E-state index in [-0.39, 0.29) is 17.0 Å². The first-order valence-electron chi connectivity index (χ1n) is 11.7. The van der Waals surface area contributed by atoms with E-state index in [0.717, 1.165) is 4.90 Å². The number of carbonyl (C=O) groups excluding carboxylic acids is 2. The van der Waals surface area contributed by atoms with Crippen LogP contribution in [0.25, 0.3) is 0 Å². The van der Waals surface area contributed by atoms with Gasteiger partial charge >= 0.3 is 0 Å². The smallest absolute Gasteiger partial charge is 0.248 e. The Kier molecular flexibility index (Phi) is 8.35. The lowest BCUT2D eigenvalue weighted by Crippen LogP contribution is -2.48. The number of anilines is 1. The topological polar surface area (TPSA) is 109 Å². The second-order valence-electron chi connectivity index (χ2n) is 8.41. The van der Waals surface area contributed by atoms with E-state index < -0.39 is 40.2 Å². The van der Waals surface area contributed by atoms with Gasteiger partial charge in [0, 0.05) is 11.3 Å². The fourth-order valence-electron chi connectivity index (χ4n) is 3.95. The fraction of sp³-hybridized carbons (Fsp3) is 0.143. The number of halogens is 1. The van der Waals surface area contributed by atoms with E-state index in [0.29, 0.717) is 17.0 Å². The molecule has 0 radical (unpaired) electrons. The molecular weight excluding hydrogens is 509 g/mol. The van der Waals surface area contributed by atoms with E-state index >= 15 is 4.39 Å². The van der Waals surface area contributed by atoms with E-state index in [4.69, 9.17) is 4.42 Å². The molecule has 0 aliphatic heterocycles. The van der Waals surface area contributed by atoms with Crippen molar-refractivity contribution in [3.63, 3.8) is 0 Å². The number of sulfonamides is 1. The van der Waals surface area contributed by atoms with Crippen molar-refractivity contribution in [1.82, 2.24) is 10.0 Å². The molecule has 10 heteroatoms.